The van der Waals surface area contributed by atoms with E-state index in [9.17, 15) is 0 Å². The molecule has 0 aliphatic heterocycles. The molecule has 0 aliphatic rings. The molecule has 0 spiro atoms. The van der Waals surface area contributed by atoms with Crippen LogP contribution in [0.25, 0.3) is 11.0 Å². The van der Waals surface area contributed by atoms with Gasteiger partial charge < -0.3 is 14.2 Å². The summed E-state index contributed by atoms with van der Waals surface area (Å²) in [7, 11) is 0.898. The molecule has 0 amide bonds. The number of hydrogen-bond donors (Lipinski definition) is 1. The summed E-state index contributed by atoms with van der Waals surface area (Å²) in [5.74, 6) is 0.851. The van der Waals surface area contributed by atoms with Crippen LogP contribution in [0.4, 0.5) is 0 Å². The van der Waals surface area contributed by atoms with Crippen LogP contribution in [0, 0.1) is 0 Å². The molecule has 0 bridgehead atoms. The lowest BCUT2D eigenvalue weighted by atomic mass is 10.2. The Morgan fingerprint density at radius 3 is 3.05 bits per heavy atom. The predicted octanol–water partition coefficient (Wildman–Crippen LogP) is 2.99. The SMILES string of the molecule is CNCC[Si](Oc1cccc2ccoc12)c1ccsc1. The molecule has 3 nitrogen and oxygen atoms in total. The van der Waals surface area contributed by atoms with Crippen LogP contribution in [0.3, 0.4) is 0 Å². The number of furan rings is 1. The molecular weight excluding hydrogens is 286 g/mol. The molecule has 103 valence electrons. The first kappa shape index (κ1) is 13.4. The Balaban J connectivity index is 1.87. The van der Waals surface area contributed by atoms with Crippen LogP contribution >= 0.6 is 11.3 Å². The van der Waals surface area contributed by atoms with E-state index < -0.39 is 9.04 Å². The molecule has 0 atom stereocenters. The van der Waals surface area contributed by atoms with Crippen LogP contribution < -0.4 is 14.9 Å². The average molecular weight is 302 g/mol. The second kappa shape index (κ2) is 6.26. The number of rotatable bonds is 6. The van der Waals surface area contributed by atoms with E-state index in [2.05, 4.69) is 22.1 Å². The molecule has 1 aromatic carbocycles. The van der Waals surface area contributed by atoms with Crippen molar-refractivity contribution < 1.29 is 8.84 Å². The van der Waals surface area contributed by atoms with Gasteiger partial charge in [0, 0.05) is 5.39 Å². The molecule has 20 heavy (non-hydrogen) atoms. The number of hydrogen-bond acceptors (Lipinski definition) is 4. The third-order valence-corrected chi connectivity index (χ3v) is 6.14. The smallest absolute Gasteiger partial charge is 0.318 e. The Morgan fingerprint density at radius 2 is 2.25 bits per heavy atom. The van der Waals surface area contributed by atoms with Crippen molar-refractivity contribution in [2.24, 2.45) is 0 Å². The Labute approximate surface area is 123 Å². The second-order valence-corrected chi connectivity index (χ2v) is 7.39. The Hall–Kier alpha value is -1.56. The van der Waals surface area contributed by atoms with Crippen molar-refractivity contribution >= 4 is 36.5 Å². The van der Waals surface area contributed by atoms with E-state index in [4.69, 9.17) is 8.84 Å². The number of benzene rings is 1. The molecule has 3 rings (SSSR count). The molecule has 0 saturated carbocycles. The van der Waals surface area contributed by atoms with Gasteiger partial charge in [-0.05, 0) is 53.8 Å². The van der Waals surface area contributed by atoms with E-state index >= 15 is 0 Å². The molecule has 1 radical (unpaired) electrons. The van der Waals surface area contributed by atoms with Crippen molar-refractivity contribution in [3.63, 3.8) is 0 Å². The fourth-order valence-electron chi connectivity index (χ4n) is 2.09. The van der Waals surface area contributed by atoms with E-state index in [0.717, 1.165) is 29.3 Å². The van der Waals surface area contributed by atoms with E-state index in [1.807, 2.05) is 31.3 Å². The normalized spacial score (nSPS) is 11.3. The van der Waals surface area contributed by atoms with E-state index in [0.29, 0.717) is 0 Å². The van der Waals surface area contributed by atoms with E-state index in [1.54, 1.807) is 17.6 Å². The van der Waals surface area contributed by atoms with Gasteiger partial charge in [0.25, 0.3) is 0 Å². The fourth-order valence-corrected chi connectivity index (χ4v) is 5.16. The fraction of sp³-hybridized carbons (Fsp3) is 0.200. The molecule has 3 aromatic rings. The van der Waals surface area contributed by atoms with Crippen LogP contribution in [0.2, 0.25) is 6.04 Å². The monoisotopic (exact) mass is 302 g/mol. The van der Waals surface area contributed by atoms with Crippen molar-refractivity contribution in [1.29, 1.82) is 0 Å². The van der Waals surface area contributed by atoms with Crippen LogP contribution in [0.15, 0.2) is 51.8 Å². The van der Waals surface area contributed by atoms with Gasteiger partial charge in [-0.2, -0.15) is 11.3 Å². The predicted molar refractivity (Wildman–Crippen MR) is 85.3 cm³/mol. The first-order valence-electron chi connectivity index (χ1n) is 6.55. The topological polar surface area (TPSA) is 34.4 Å². The lowest BCUT2D eigenvalue weighted by Crippen LogP contribution is -2.37. The minimum Gasteiger partial charge on any atom is -0.535 e. The Morgan fingerprint density at radius 1 is 1.30 bits per heavy atom. The largest absolute Gasteiger partial charge is 0.535 e. The molecule has 2 heterocycles. The maximum Gasteiger partial charge on any atom is 0.318 e. The summed E-state index contributed by atoms with van der Waals surface area (Å²) in [6.07, 6.45) is 1.71. The highest BCUT2D eigenvalue weighted by Crippen LogP contribution is 2.27. The van der Waals surface area contributed by atoms with Crippen molar-refractivity contribution in [3.05, 3.63) is 47.4 Å². The third-order valence-electron chi connectivity index (χ3n) is 3.12. The van der Waals surface area contributed by atoms with Crippen molar-refractivity contribution in [1.82, 2.24) is 5.32 Å². The summed E-state index contributed by atoms with van der Waals surface area (Å²) >= 11 is 1.72. The highest BCUT2D eigenvalue weighted by atomic mass is 32.1. The van der Waals surface area contributed by atoms with Gasteiger partial charge in [0.2, 0.25) is 0 Å². The zero-order valence-corrected chi connectivity index (χ0v) is 13.1. The van der Waals surface area contributed by atoms with Crippen LogP contribution in [-0.2, 0) is 0 Å². The Bertz CT molecular complexity index is 665. The van der Waals surface area contributed by atoms with Gasteiger partial charge >= 0.3 is 9.04 Å². The number of nitrogens with one attached hydrogen (secondary N) is 1. The lowest BCUT2D eigenvalue weighted by molar-refractivity contribution is 0.545. The lowest BCUT2D eigenvalue weighted by Gasteiger charge is -2.15. The number of fused-ring (bicyclic) bond motifs is 1. The van der Waals surface area contributed by atoms with E-state index in [1.165, 1.54) is 5.19 Å². The van der Waals surface area contributed by atoms with Crippen molar-refractivity contribution in [2.75, 3.05) is 13.6 Å². The summed E-state index contributed by atoms with van der Waals surface area (Å²) in [4.78, 5) is 0. The van der Waals surface area contributed by atoms with E-state index in [-0.39, 0.29) is 0 Å². The average Bonchev–Trinajstić information content (AvgIpc) is 3.14. The molecule has 0 aliphatic carbocycles. The van der Waals surface area contributed by atoms with Gasteiger partial charge in [-0.25, -0.2) is 0 Å². The van der Waals surface area contributed by atoms with Gasteiger partial charge in [0.15, 0.2) is 5.58 Å². The maximum atomic E-state index is 6.31. The summed E-state index contributed by atoms with van der Waals surface area (Å²) in [5, 5.41) is 9.90. The first-order chi connectivity index (χ1) is 9.88. The van der Waals surface area contributed by atoms with Gasteiger partial charge in [0.1, 0.15) is 5.75 Å². The minimum atomic E-state index is -1.07. The van der Waals surface area contributed by atoms with Crippen LogP contribution in [0.1, 0.15) is 0 Å². The summed E-state index contributed by atoms with van der Waals surface area (Å²) in [5.41, 5.74) is 0.842. The summed E-state index contributed by atoms with van der Waals surface area (Å²) in [6.45, 7) is 0.957. The molecular formula is C15H16NO2SSi. The highest BCUT2D eigenvalue weighted by molar-refractivity contribution is 7.09. The van der Waals surface area contributed by atoms with Crippen molar-refractivity contribution in [2.45, 2.75) is 6.04 Å². The second-order valence-electron chi connectivity index (χ2n) is 4.49. The summed E-state index contributed by atoms with van der Waals surface area (Å²) < 4.78 is 11.9. The standard InChI is InChI=1S/C15H16NO2SSi/c1-16-7-10-20(13-6-9-19-11-13)18-14-4-2-3-12-5-8-17-15(12)14/h2-6,8-9,11,16H,7,10H2,1H3. The quantitative estimate of drug-likeness (QED) is 0.711. The molecule has 0 saturated heterocycles. The van der Waals surface area contributed by atoms with Crippen molar-refractivity contribution in [3.8, 4) is 5.75 Å². The molecule has 2 aromatic heterocycles. The molecule has 0 fully saturated rings. The van der Waals surface area contributed by atoms with Gasteiger partial charge in [-0.3, -0.25) is 0 Å². The van der Waals surface area contributed by atoms with Gasteiger partial charge in [0.05, 0.1) is 6.26 Å². The molecule has 0 unspecified atom stereocenters. The van der Waals surface area contributed by atoms with Crippen LogP contribution in [0.5, 0.6) is 5.75 Å². The first-order valence-corrected chi connectivity index (χ1v) is 9.11. The zero-order valence-electron chi connectivity index (χ0n) is 11.3. The Kier molecular flexibility index (Phi) is 4.20. The minimum absolute atomic E-state index is 0.842. The third kappa shape index (κ3) is 2.79. The zero-order chi connectivity index (χ0) is 13.8. The highest BCUT2D eigenvalue weighted by Gasteiger charge is 2.20. The molecule has 1 N–H and O–H groups in total. The summed E-state index contributed by atoms with van der Waals surface area (Å²) in [6, 6.07) is 11.2. The maximum absolute atomic E-state index is 6.31. The van der Waals surface area contributed by atoms with Crippen LogP contribution in [-0.4, -0.2) is 22.6 Å². The number of para-hydroxylation sites is 1. The number of thiophene rings is 1. The molecule has 5 heteroatoms. The van der Waals surface area contributed by atoms with Gasteiger partial charge in [-0.15, -0.1) is 0 Å². The van der Waals surface area contributed by atoms with Gasteiger partial charge in [-0.1, -0.05) is 12.1 Å².